The molecule has 1 unspecified atom stereocenters. The Kier molecular flexibility index (Phi) is 3.13. The van der Waals surface area contributed by atoms with Crippen LogP contribution in [-0.2, 0) is 0 Å². The molecular formula is C13H19ClN2. The van der Waals surface area contributed by atoms with E-state index in [9.17, 15) is 0 Å². The van der Waals surface area contributed by atoms with Crippen LogP contribution in [0.1, 0.15) is 25.3 Å². The maximum atomic E-state index is 6.22. The normalized spacial score (nSPS) is 25.9. The summed E-state index contributed by atoms with van der Waals surface area (Å²) in [5, 5.41) is 0.835. The number of hydrogen-bond acceptors (Lipinski definition) is 2. The van der Waals surface area contributed by atoms with Gasteiger partial charge in [0.05, 0.1) is 0 Å². The minimum absolute atomic E-state index is 0.0764. The highest BCUT2D eigenvalue weighted by Crippen LogP contribution is 2.30. The third-order valence-electron chi connectivity index (χ3n) is 3.31. The van der Waals surface area contributed by atoms with Crippen LogP contribution in [0.2, 0.25) is 5.02 Å². The fourth-order valence-corrected chi connectivity index (χ4v) is 2.58. The molecule has 0 aromatic heterocycles. The molecule has 1 fully saturated rings. The van der Waals surface area contributed by atoms with Gasteiger partial charge in [0.15, 0.2) is 0 Å². The Morgan fingerprint density at radius 3 is 2.88 bits per heavy atom. The first-order valence-electron chi connectivity index (χ1n) is 5.78. The molecule has 88 valence electrons. The average Bonchev–Trinajstić information content (AvgIpc) is 2.20. The lowest BCUT2D eigenvalue weighted by Gasteiger charge is -2.40. The number of nitrogens with zero attached hydrogens (tertiary/aromatic N) is 1. The van der Waals surface area contributed by atoms with Crippen molar-refractivity contribution >= 4 is 17.3 Å². The van der Waals surface area contributed by atoms with Crippen LogP contribution in [0.5, 0.6) is 0 Å². The zero-order chi connectivity index (χ0) is 11.8. The van der Waals surface area contributed by atoms with Gasteiger partial charge < -0.3 is 10.6 Å². The van der Waals surface area contributed by atoms with Gasteiger partial charge in [-0.05, 0) is 44.4 Å². The Labute approximate surface area is 102 Å². The number of benzene rings is 1. The summed E-state index contributed by atoms with van der Waals surface area (Å²) in [4.78, 5) is 2.35. The highest BCUT2D eigenvalue weighted by atomic mass is 35.5. The number of piperidine rings is 1. The molecule has 16 heavy (non-hydrogen) atoms. The van der Waals surface area contributed by atoms with E-state index in [4.69, 9.17) is 17.3 Å². The first-order valence-corrected chi connectivity index (χ1v) is 6.16. The van der Waals surface area contributed by atoms with Crippen LogP contribution >= 0.6 is 11.6 Å². The fraction of sp³-hybridized carbons (Fsp3) is 0.538. The van der Waals surface area contributed by atoms with Crippen molar-refractivity contribution in [2.24, 2.45) is 5.73 Å². The first kappa shape index (κ1) is 11.7. The monoisotopic (exact) mass is 238 g/mol. The van der Waals surface area contributed by atoms with E-state index in [1.807, 2.05) is 12.1 Å². The van der Waals surface area contributed by atoms with Crippen molar-refractivity contribution in [1.29, 1.82) is 0 Å². The maximum absolute atomic E-state index is 6.22. The maximum Gasteiger partial charge on any atom is 0.0455 e. The molecule has 3 heteroatoms. The van der Waals surface area contributed by atoms with Gasteiger partial charge in [-0.1, -0.05) is 17.7 Å². The Hall–Kier alpha value is -0.730. The second kappa shape index (κ2) is 4.27. The van der Waals surface area contributed by atoms with Crippen LogP contribution in [0.25, 0.3) is 0 Å². The summed E-state index contributed by atoms with van der Waals surface area (Å²) in [5.74, 6) is 0. The second-order valence-corrected chi connectivity index (χ2v) is 5.47. The Balaban J connectivity index is 2.27. The van der Waals surface area contributed by atoms with Crippen LogP contribution in [-0.4, -0.2) is 18.6 Å². The van der Waals surface area contributed by atoms with Crippen molar-refractivity contribution in [3.05, 3.63) is 28.8 Å². The van der Waals surface area contributed by atoms with Crippen LogP contribution in [0.4, 0.5) is 5.69 Å². The molecule has 1 aliphatic rings. The minimum atomic E-state index is -0.0764. The molecule has 0 aliphatic carbocycles. The zero-order valence-electron chi connectivity index (χ0n) is 9.96. The summed E-state index contributed by atoms with van der Waals surface area (Å²) in [5.41, 5.74) is 8.52. The van der Waals surface area contributed by atoms with Gasteiger partial charge in [-0.25, -0.2) is 0 Å². The smallest absolute Gasteiger partial charge is 0.0455 e. The third-order valence-corrected chi connectivity index (χ3v) is 3.72. The van der Waals surface area contributed by atoms with Crippen molar-refractivity contribution in [3.63, 3.8) is 0 Å². The van der Waals surface area contributed by atoms with Gasteiger partial charge >= 0.3 is 0 Å². The van der Waals surface area contributed by atoms with Crippen molar-refractivity contribution in [2.45, 2.75) is 32.2 Å². The molecule has 1 saturated heterocycles. The van der Waals surface area contributed by atoms with Gasteiger partial charge in [-0.3, -0.25) is 0 Å². The van der Waals surface area contributed by atoms with Gasteiger partial charge in [-0.15, -0.1) is 0 Å². The van der Waals surface area contributed by atoms with Gasteiger partial charge in [-0.2, -0.15) is 0 Å². The van der Waals surface area contributed by atoms with Crippen LogP contribution in [0, 0.1) is 6.92 Å². The van der Waals surface area contributed by atoms with E-state index in [1.165, 1.54) is 5.69 Å². The SMILES string of the molecule is Cc1c(Cl)cccc1N1CCCC(C)(N)C1. The molecule has 1 atom stereocenters. The Morgan fingerprint density at radius 2 is 2.19 bits per heavy atom. The molecule has 1 aliphatic heterocycles. The summed E-state index contributed by atoms with van der Waals surface area (Å²) >= 11 is 6.15. The number of rotatable bonds is 1. The summed E-state index contributed by atoms with van der Waals surface area (Å²) in [7, 11) is 0. The van der Waals surface area contributed by atoms with Gasteiger partial charge in [0, 0.05) is 29.3 Å². The highest BCUT2D eigenvalue weighted by molar-refractivity contribution is 6.31. The predicted molar refractivity (Wildman–Crippen MR) is 70.2 cm³/mol. The lowest BCUT2D eigenvalue weighted by Crippen LogP contribution is -2.52. The van der Waals surface area contributed by atoms with Crippen LogP contribution < -0.4 is 10.6 Å². The summed E-state index contributed by atoms with van der Waals surface area (Å²) in [6, 6.07) is 6.07. The van der Waals surface area contributed by atoms with Gasteiger partial charge in [0.25, 0.3) is 0 Å². The second-order valence-electron chi connectivity index (χ2n) is 5.06. The van der Waals surface area contributed by atoms with Crippen molar-refractivity contribution in [1.82, 2.24) is 0 Å². The van der Waals surface area contributed by atoms with Crippen LogP contribution in [0.3, 0.4) is 0 Å². The summed E-state index contributed by atoms with van der Waals surface area (Å²) in [6.07, 6.45) is 2.25. The van der Waals surface area contributed by atoms with E-state index in [-0.39, 0.29) is 5.54 Å². The van der Waals surface area contributed by atoms with Crippen molar-refractivity contribution in [2.75, 3.05) is 18.0 Å². The highest BCUT2D eigenvalue weighted by Gasteiger charge is 2.27. The standard InChI is InChI=1S/C13H19ClN2/c1-10-11(14)5-3-6-12(10)16-8-4-7-13(2,15)9-16/h3,5-6H,4,7-9,15H2,1-2H3. The third kappa shape index (κ3) is 2.33. The van der Waals surface area contributed by atoms with Crippen molar-refractivity contribution < 1.29 is 0 Å². The number of halogens is 1. The van der Waals surface area contributed by atoms with E-state index in [1.54, 1.807) is 0 Å². The number of nitrogens with two attached hydrogens (primary N) is 1. The fourth-order valence-electron chi connectivity index (χ4n) is 2.41. The van der Waals surface area contributed by atoms with E-state index in [0.717, 1.165) is 36.5 Å². The molecule has 1 aromatic carbocycles. The molecule has 0 spiro atoms. The van der Waals surface area contributed by atoms with Gasteiger partial charge in [0.1, 0.15) is 0 Å². The largest absolute Gasteiger partial charge is 0.369 e. The zero-order valence-corrected chi connectivity index (χ0v) is 10.7. The molecule has 0 amide bonds. The topological polar surface area (TPSA) is 29.3 Å². The molecular weight excluding hydrogens is 220 g/mol. The van der Waals surface area contributed by atoms with Crippen LogP contribution in [0.15, 0.2) is 18.2 Å². The van der Waals surface area contributed by atoms with Gasteiger partial charge in [0.2, 0.25) is 0 Å². The molecule has 0 saturated carbocycles. The molecule has 1 heterocycles. The first-order chi connectivity index (χ1) is 7.49. The van der Waals surface area contributed by atoms with E-state index < -0.39 is 0 Å². The molecule has 2 rings (SSSR count). The molecule has 1 aromatic rings. The molecule has 0 radical (unpaired) electrons. The lowest BCUT2D eigenvalue weighted by atomic mass is 9.92. The number of anilines is 1. The van der Waals surface area contributed by atoms with E-state index >= 15 is 0 Å². The molecule has 0 bridgehead atoms. The molecule has 2 nitrogen and oxygen atoms in total. The van der Waals surface area contributed by atoms with E-state index in [2.05, 4.69) is 24.8 Å². The quantitative estimate of drug-likeness (QED) is 0.815. The predicted octanol–water partition coefficient (Wildman–Crippen LogP) is 2.97. The lowest BCUT2D eigenvalue weighted by molar-refractivity contribution is 0.374. The Morgan fingerprint density at radius 1 is 1.44 bits per heavy atom. The summed E-state index contributed by atoms with van der Waals surface area (Å²) in [6.45, 7) is 6.18. The average molecular weight is 239 g/mol. The molecule has 2 N–H and O–H groups in total. The van der Waals surface area contributed by atoms with Crippen molar-refractivity contribution in [3.8, 4) is 0 Å². The van der Waals surface area contributed by atoms with E-state index in [0.29, 0.717) is 0 Å². The Bertz CT molecular complexity index is 388. The number of hydrogen-bond donors (Lipinski definition) is 1. The summed E-state index contributed by atoms with van der Waals surface area (Å²) < 4.78 is 0. The minimum Gasteiger partial charge on any atom is -0.369 e.